The fourth-order valence-corrected chi connectivity index (χ4v) is 4.88. The zero-order chi connectivity index (χ0) is 16.7. The lowest BCUT2D eigenvalue weighted by Crippen LogP contribution is -2.45. The van der Waals surface area contributed by atoms with Gasteiger partial charge in [-0.25, -0.2) is 0 Å². The van der Waals surface area contributed by atoms with Crippen LogP contribution in [0.15, 0.2) is 29.7 Å². The van der Waals surface area contributed by atoms with Gasteiger partial charge in [0.1, 0.15) is 5.75 Å². The van der Waals surface area contributed by atoms with Crippen LogP contribution in [0.25, 0.3) is 0 Å². The Morgan fingerprint density at radius 2 is 2.17 bits per heavy atom. The number of alkyl halides is 3. The zero-order valence-electron chi connectivity index (χ0n) is 12.9. The van der Waals surface area contributed by atoms with Crippen molar-refractivity contribution < 1.29 is 22.6 Å². The molecule has 1 aromatic carbocycles. The highest BCUT2D eigenvalue weighted by molar-refractivity contribution is 8.02. The second kappa shape index (κ2) is 6.19. The number of anilines is 1. The van der Waals surface area contributed by atoms with Gasteiger partial charge in [-0.2, -0.15) is 0 Å². The number of rotatable bonds is 2. The number of halogens is 3. The topological polar surface area (TPSA) is 30.5 Å². The van der Waals surface area contributed by atoms with Gasteiger partial charge in [0.2, 0.25) is 0 Å². The van der Waals surface area contributed by atoms with Gasteiger partial charge in [0.05, 0.1) is 6.10 Å². The van der Waals surface area contributed by atoms with Crippen LogP contribution in [0.2, 0.25) is 0 Å². The van der Waals surface area contributed by atoms with E-state index < -0.39 is 6.36 Å². The molecule has 1 unspecified atom stereocenters. The average Bonchev–Trinajstić information content (AvgIpc) is 3.07. The molecule has 1 N–H and O–H groups in total. The van der Waals surface area contributed by atoms with E-state index in [9.17, 15) is 13.2 Å². The number of nitrogens with one attached hydrogen (secondary N) is 1. The maximum absolute atomic E-state index is 12.5. The first kappa shape index (κ1) is 16.1. The van der Waals surface area contributed by atoms with Crippen LogP contribution >= 0.6 is 11.8 Å². The quantitative estimate of drug-likeness (QED) is 0.829. The van der Waals surface area contributed by atoms with Gasteiger partial charge in [0.25, 0.3) is 0 Å². The van der Waals surface area contributed by atoms with Gasteiger partial charge in [-0.3, -0.25) is 0 Å². The van der Waals surface area contributed by atoms with Gasteiger partial charge in [0, 0.05) is 41.5 Å². The van der Waals surface area contributed by atoms with Crippen LogP contribution in [0.5, 0.6) is 5.75 Å². The van der Waals surface area contributed by atoms with Crippen LogP contribution in [-0.2, 0) is 4.74 Å². The molecule has 3 heterocycles. The van der Waals surface area contributed by atoms with Crippen molar-refractivity contribution in [1.29, 1.82) is 0 Å². The Morgan fingerprint density at radius 3 is 2.92 bits per heavy atom. The van der Waals surface area contributed by atoms with Gasteiger partial charge in [0.15, 0.2) is 0 Å². The van der Waals surface area contributed by atoms with E-state index in [4.69, 9.17) is 4.74 Å². The molecule has 130 valence electrons. The van der Waals surface area contributed by atoms with Crippen LogP contribution in [0, 0.1) is 11.8 Å². The summed E-state index contributed by atoms with van der Waals surface area (Å²) in [5.74, 6) is 1.53. The maximum Gasteiger partial charge on any atom is 0.573 e. The van der Waals surface area contributed by atoms with Crippen molar-refractivity contribution in [3.05, 3.63) is 35.2 Å². The predicted octanol–water partition coefficient (Wildman–Crippen LogP) is 4.72. The summed E-state index contributed by atoms with van der Waals surface area (Å²) in [7, 11) is 0. The van der Waals surface area contributed by atoms with E-state index in [2.05, 4.69) is 21.5 Å². The van der Waals surface area contributed by atoms with Crippen molar-refractivity contribution in [1.82, 2.24) is 0 Å². The predicted molar refractivity (Wildman–Crippen MR) is 87.0 cm³/mol. The van der Waals surface area contributed by atoms with Crippen molar-refractivity contribution in [2.45, 2.75) is 31.3 Å². The Bertz CT molecular complexity index is 649. The molecule has 0 aliphatic carbocycles. The smallest absolute Gasteiger partial charge is 0.406 e. The summed E-state index contributed by atoms with van der Waals surface area (Å²) in [5, 5.41) is 5.67. The van der Waals surface area contributed by atoms with Gasteiger partial charge in [-0.05, 0) is 36.4 Å². The SMILES string of the molecule is FC(F)(F)Oc1ccc2c(c1)[C@H]1OCCC[C@H]1[C@H](C1C=CSC1)N2. The highest BCUT2D eigenvalue weighted by Gasteiger charge is 2.42. The monoisotopic (exact) mass is 357 g/mol. The van der Waals surface area contributed by atoms with Crippen LogP contribution in [0.1, 0.15) is 24.5 Å². The normalized spacial score (nSPS) is 32.0. The molecule has 0 aromatic heterocycles. The zero-order valence-corrected chi connectivity index (χ0v) is 13.7. The molecule has 0 saturated carbocycles. The summed E-state index contributed by atoms with van der Waals surface area (Å²) in [6, 6.07) is 4.75. The summed E-state index contributed by atoms with van der Waals surface area (Å²) in [4.78, 5) is 0. The molecule has 0 spiro atoms. The lowest BCUT2D eigenvalue weighted by atomic mass is 9.75. The maximum atomic E-state index is 12.5. The van der Waals surface area contributed by atoms with Crippen molar-refractivity contribution in [3.8, 4) is 5.75 Å². The van der Waals surface area contributed by atoms with E-state index in [1.165, 1.54) is 12.1 Å². The number of hydrogen-bond acceptors (Lipinski definition) is 4. The molecule has 4 rings (SSSR count). The second-order valence-corrected chi connectivity index (χ2v) is 7.33. The Morgan fingerprint density at radius 1 is 1.29 bits per heavy atom. The Kier molecular flexibility index (Phi) is 4.16. The van der Waals surface area contributed by atoms with Crippen LogP contribution < -0.4 is 10.1 Å². The number of fused-ring (bicyclic) bond motifs is 3. The third kappa shape index (κ3) is 3.11. The number of hydrogen-bond donors (Lipinski definition) is 1. The second-order valence-electron chi connectivity index (χ2n) is 6.39. The molecule has 3 aliphatic heterocycles. The highest BCUT2D eigenvalue weighted by Crippen LogP contribution is 2.48. The summed E-state index contributed by atoms with van der Waals surface area (Å²) in [6.45, 7) is 0.646. The summed E-state index contributed by atoms with van der Waals surface area (Å²) in [6.07, 6.45) is -0.633. The molecule has 4 atom stereocenters. The minimum Gasteiger partial charge on any atom is -0.406 e. The first-order valence-electron chi connectivity index (χ1n) is 8.07. The van der Waals surface area contributed by atoms with Gasteiger partial charge >= 0.3 is 6.36 Å². The molecule has 3 aliphatic rings. The Balaban J connectivity index is 1.66. The lowest BCUT2D eigenvalue weighted by Gasteiger charge is -2.45. The van der Waals surface area contributed by atoms with E-state index in [1.54, 1.807) is 17.8 Å². The van der Waals surface area contributed by atoms with Crippen LogP contribution in [-0.4, -0.2) is 24.8 Å². The molecule has 1 saturated heterocycles. The van der Waals surface area contributed by atoms with E-state index in [1.807, 2.05) is 0 Å². The minimum absolute atomic E-state index is 0.171. The third-order valence-electron chi connectivity index (χ3n) is 4.89. The van der Waals surface area contributed by atoms with Crippen LogP contribution in [0.3, 0.4) is 0 Å². The third-order valence-corrected chi connectivity index (χ3v) is 5.81. The minimum atomic E-state index is -4.68. The summed E-state index contributed by atoms with van der Waals surface area (Å²) >= 11 is 1.80. The standard InChI is InChI=1S/C17H18F3NO2S/c18-17(19,20)23-11-3-4-14-13(8-11)16-12(2-1-6-22-16)15(21-14)10-5-7-24-9-10/h3-5,7-8,10,12,15-16,21H,1-2,6,9H2/t10?,12-,15-,16-/m0/s1. The molecule has 7 heteroatoms. The molecular formula is C17H18F3NO2S. The molecule has 24 heavy (non-hydrogen) atoms. The molecule has 0 amide bonds. The number of ether oxygens (including phenoxy) is 2. The Hall–Kier alpha value is -1.34. The fraction of sp³-hybridized carbons (Fsp3) is 0.529. The fourth-order valence-electron chi connectivity index (χ4n) is 3.91. The van der Waals surface area contributed by atoms with Gasteiger partial charge < -0.3 is 14.8 Å². The Labute approximate surface area is 142 Å². The highest BCUT2D eigenvalue weighted by atomic mass is 32.2. The van der Waals surface area contributed by atoms with E-state index >= 15 is 0 Å². The largest absolute Gasteiger partial charge is 0.573 e. The van der Waals surface area contributed by atoms with Gasteiger partial charge in [-0.15, -0.1) is 24.9 Å². The summed E-state index contributed by atoms with van der Waals surface area (Å²) in [5.41, 5.74) is 1.62. The van der Waals surface area contributed by atoms with Crippen molar-refractivity contribution in [2.75, 3.05) is 17.7 Å². The van der Waals surface area contributed by atoms with Crippen molar-refractivity contribution in [2.24, 2.45) is 11.8 Å². The first-order valence-corrected chi connectivity index (χ1v) is 9.12. The number of thioether (sulfide) groups is 1. The molecule has 0 radical (unpaired) electrons. The van der Waals surface area contributed by atoms with Crippen LogP contribution in [0.4, 0.5) is 18.9 Å². The first-order chi connectivity index (χ1) is 11.5. The molecule has 3 nitrogen and oxygen atoms in total. The lowest BCUT2D eigenvalue weighted by molar-refractivity contribution is -0.274. The van der Waals surface area contributed by atoms with Crippen molar-refractivity contribution >= 4 is 17.4 Å². The molecular weight excluding hydrogens is 339 g/mol. The molecule has 1 fully saturated rings. The molecule has 1 aromatic rings. The average molecular weight is 357 g/mol. The van der Waals surface area contributed by atoms with E-state index in [0.29, 0.717) is 12.5 Å². The van der Waals surface area contributed by atoms with Gasteiger partial charge in [-0.1, -0.05) is 6.08 Å². The number of benzene rings is 1. The van der Waals surface area contributed by atoms with Crippen molar-refractivity contribution in [3.63, 3.8) is 0 Å². The van der Waals surface area contributed by atoms with E-state index in [0.717, 1.165) is 29.8 Å². The summed E-state index contributed by atoms with van der Waals surface area (Å²) < 4.78 is 47.5. The molecule has 0 bridgehead atoms. The van der Waals surface area contributed by atoms with E-state index in [-0.39, 0.29) is 23.8 Å².